The fourth-order valence-electron chi connectivity index (χ4n) is 9.55. The Morgan fingerprint density at radius 3 is 1.23 bits per heavy atom. The molecule has 0 amide bonds. The lowest BCUT2D eigenvalue weighted by molar-refractivity contribution is 0.105. The van der Waals surface area contributed by atoms with Crippen molar-refractivity contribution in [1.82, 2.24) is 0 Å². The Morgan fingerprint density at radius 1 is 0.407 bits per heavy atom. The largest absolute Gasteiger partial charge is 0.488 e. The molecule has 0 fully saturated rings. The van der Waals surface area contributed by atoms with Crippen LogP contribution in [-0.4, -0.2) is 79.6 Å². The van der Waals surface area contributed by atoms with Crippen molar-refractivity contribution in [1.29, 1.82) is 0 Å². The first-order valence-electron chi connectivity index (χ1n) is 28.0. The highest BCUT2D eigenvalue weighted by atomic mass is 32.2. The fraction of sp³-hybridized carbons (Fsp3) is 0.250. The lowest BCUT2D eigenvalue weighted by Crippen LogP contribution is -2.33. The van der Waals surface area contributed by atoms with Gasteiger partial charge in [-0.05, 0) is 194 Å². The molecule has 0 saturated carbocycles. The van der Waals surface area contributed by atoms with Crippen LogP contribution >= 0.6 is 23.5 Å². The summed E-state index contributed by atoms with van der Waals surface area (Å²) in [5.74, 6) is 1.24. The van der Waals surface area contributed by atoms with Crippen molar-refractivity contribution in [2.45, 2.75) is 157 Å². The summed E-state index contributed by atoms with van der Waals surface area (Å²) < 4.78 is 218. The van der Waals surface area contributed by atoms with Crippen molar-refractivity contribution in [2.24, 2.45) is 0 Å². The Bertz CT molecular complexity index is 4770. The summed E-state index contributed by atoms with van der Waals surface area (Å²) in [6.45, 7) is 16.6. The number of benzene rings is 8. The van der Waals surface area contributed by atoms with Gasteiger partial charge in [-0.25, -0.2) is 16.8 Å². The molecule has 2 unspecified atom stereocenters. The molecular formula is C64H66O19S8. The summed E-state index contributed by atoms with van der Waals surface area (Å²) in [7, 11) is -29.6. The third kappa shape index (κ3) is 16.1. The lowest BCUT2D eigenvalue weighted by atomic mass is 9.77. The second-order valence-corrected chi connectivity index (χ2v) is 34.7. The van der Waals surface area contributed by atoms with Gasteiger partial charge in [0.1, 0.15) is 44.1 Å². The summed E-state index contributed by atoms with van der Waals surface area (Å²) >= 11 is 2.30. The van der Waals surface area contributed by atoms with Crippen LogP contribution in [0.1, 0.15) is 92.7 Å². The second-order valence-electron chi connectivity index (χ2n) is 22.7. The van der Waals surface area contributed by atoms with Gasteiger partial charge in [-0.15, -0.1) is 11.8 Å². The van der Waals surface area contributed by atoms with E-state index in [1.54, 1.807) is 95.3 Å². The molecule has 0 bridgehead atoms. The van der Waals surface area contributed by atoms with Gasteiger partial charge < -0.3 is 14.2 Å². The molecule has 27 heteroatoms. The first kappa shape index (κ1) is 70.3. The van der Waals surface area contributed by atoms with E-state index in [1.165, 1.54) is 42.1 Å². The molecule has 0 aromatic heterocycles. The van der Waals surface area contributed by atoms with Crippen molar-refractivity contribution >= 4 is 83.7 Å². The molecule has 4 N–H and O–H groups in total. The predicted molar refractivity (Wildman–Crippen MR) is 346 cm³/mol. The highest BCUT2D eigenvalue weighted by molar-refractivity contribution is 8.00. The lowest BCUT2D eigenvalue weighted by Gasteiger charge is -2.36. The van der Waals surface area contributed by atoms with Gasteiger partial charge in [-0.3, -0.25) is 18.2 Å². The highest BCUT2D eigenvalue weighted by Crippen LogP contribution is 2.46. The first-order chi connectivity index (χ1) is 42.2. The quantitative estimate of drug-likeness (QED) is 0.0305. The zero-order valence-electron chi connectivity index (χ0n) is 50.5. The summed E-state index contributed by atoms with van der Waals surface area (Å²) in [5.41, 5.74) is -0.393. The van der Waals surface area contributed by atoms with Crippen LogP contribution in [0.25, 0.3) is 11.1 Å². The molecule has 8 rings (SSSR count). The van der Waals surface area contributed by atoms with Crippen molar-refractivity contribution < 1.29 is 82.9 Å². The van der Waals surface area contributed by atoms with Crippen LogP contribution in [0.3, 0.4) is 0 Å². The van der Waals surface area contributed by atoms with Crippen molar-refractivity contribution in [3.05, 3.63) is 181 Å². The zero-order chi connectivity index (χ0) is 67.1. The van der Waals surface area contributed by atoms with Gasteiger partial charge >= 0.3 is 0 Å². The molecule has 0 aliphatic heterocycles. The summed E-state index contributed by atoms with van der Waals surface area (Å²) in [6.07, 6.45) is 1.55. The minimum absolute atomic E-state index is 0.0234. The van der Waals surface area contributed by atoms with Gasteiger partial charge in [0.05, 0.1) is 29.4 Å². The molecule has 19 nitrogen and oxygen atoms in total. The SMILES string of the molecule is CCC(C)(C)Oc1ccc(Oc2ccc(Oc3ccc(S(=O)(=O)c4ccc(C(C)(CC)C(C)Sc5ccc(-c6ccc(Sc7ccc(S(=O)(=O)c8ccc(C(C)(C)CC)c(S(=O)(=O)O)c8)cc7S(=O)(=O)O)cc6)cc5)c(S(=O)(=O)O)c4)cc3S(=O)(=O)O)cc2)cc1. The predicted octanol–water partition coefficient (Wildman–Crippen LogP) is 14.8. The van der Waals surface area contributed by atoms with Crippen LogP contribution in [0, 0.1) is 0 Å². The smallest absolute Gasteiger partial charge is 0.298 e. The van der Waals surface area contributed by atoms with Crippen LogP contribution in [-0.2, 0) is 71.0 Å². The van der Waals surface area contributed by atoms with Gasteiger partial charge in [0.25, 0.3) is 40.5 Å². The van der Waals surface area contributed by atoms with Crippen molar-refractivity contribution in [2.75, 3.05) is 0 Å². The van der Waals surface area contributed by atoms with E-state index in [1.807, 2.05) is 52.0 Å². The van der Waals surface area contributed by atoms with E-state index in [0.29, 0.717) is 41.1 Å². The summed E-state index contributed by atoms with van der Waals surface area (Å²) in [5, 5.41) is -0.434. The second kappa shape index (κ2) is 26.4. The van der Waals surface area contributed by atoms with E-state index in [2.05, 4.69) is 0 Å². The minimum atomic E-state index is -5.14. The van der Waals surface area contributed by atoms with E-state index >= 15 is 0 Å². The summed E-state index contributed by atoms with van der Waals surface area (Å²) in [6, 6.07) is 39.6. The molecule has 0 heterocycles. The van der Waals surface area contributed by atoms with Crippen LogP contribution < -0.4 is 14.2 Å². The Kier molecular flexibility index (Phi) is 20.4. The van der Waals surface area contributed by atoms with Gasteiger partial charge in [-0.1, -0.05) is 96.6 Å². The van der Waals surface area contributed by atoms with Crippen molar-refractivity contribution in [3.8, 4) is 39.9 Å². The number of rotatable bonds is 25. The number of hydrogen-bond acceptors (Lipinski definition) is 17. The normalized spacial score (nSPS) is 13.9. The molecule has 8 aromatic rings. The van der Waals surface area contributed by atoms with E-state index < -0.39 is 121 Å². The molecule has 0 aliphatic carbocycles. The van der Waals surface area contributed by atoms with Gasteiger partial charge in [0.15, 0.2) is 0 Å². The number of thioether (sulfide) groups is 1. The van der Waals surface area contributed by atoms with Gasteiger partial charge in [0.2, 0.25) is 19.7 Å². The first-order valence-corrected chi connectivity index (χ1v) is 38.4. The Morgan fingerprint density at radius 2 is 0.791 bits per heavy atom. The molecule has 0 aliphatic rings. The van der Waals surface area contributed by atoms with Crippen LogP contribution in [0.2, 0.25) is 0 Å². The molecule has 484 valence electrons. The molecule has 2 atom stereocenters. The number of ether oxygens (including phenoxy) is 3. The van der Waals surface area contributed by atoms with E-state index in [-0.39, 0.29) is 27.4 Å². The fourth-order valence-corrected chi connectivity index (χ4v) is 18.0. The average Bonchev–Trinajstić information content (AvgIpc) is 0.789. The molecule has 0 spiro atoms. The molecular weight excluding hydrogens is 1330 g/mol. The maximum absolute atomic E-state index is 14.3. The number of sulfone groups is 2. The minimum Gasteiger partial charge on any atom is -0.488 e. The van der Waals surface area contributed by atoms with Crippen LogP contribution in [0.15, 0.2) is 224 Å². The third-order valence-corrected chi connectivity index (χ3v) is 25.6. The van der Waals surface area contributed by atoms with E-state index in [9.17, 15) is 68.7 Å². The maximum Gasteiger partial charge on any atom is 0.298 e. The monoisotopic (exact) mass is 1390 g/mol. The number of hydrogen-bond donors (Lipinski definition) is 4. The molecule has 91 heavy (non-hydrogen) atoms. The van der Waals surface area contributed by atoms with E-state index in [0.717, 1.165) is 82.7 Å². The topological polar surface area (TPSA) is 313 Å². The average molecular weight is 1400 g/mol. The highest BCUT2D eigenvalue weighted by Gasteiger charge is 2.38. The molecule has 0 saturated heterocycles. The van der Waals surface area contributed by atoms with Crippen LogP contribution in [0.5, 0.6) is 28.7 Å². The third-order valence-electron chi connectivity index (χ3n) is 15.9. The standard InChI is InChI=1S/C64H66O19S8/c1-10-62(5,6)54-33-29-50(37-58(54)88(69,70)71)87(67,68)53-32-36-57(61(40-53)91(78,79)80)85-49-27-15-43(16-28-49)42-13-25-48(26-14-42)84-41(4)64(9,12-3)55-34-30-51(38-59(55)89(72,73)74)86(65,66)52-31-35-56(60(39-52)90(75,76)77)82-46-19-17-44(18-20-46)81-45-21-23-47(24-22-45)83-63(7,8)11-2/h13-41H,10-12H2,1-9H3,(H,69,70,71)(H,72,73,74)(H,75,76,77)(H,78,79,80). The summed E-state index contributed by atoms with van der Waals surface area (Å²) in [4.78, 5) is -4.06. The molecule has 8 aromatic carbocycles. The maximum atomic E-state index is 14.3. The zero-order valence-corrected chi connectivity index (χ0v) is 57.1. The van der Waals surface area contributed by atoms with Crippen molar-refractivity contribution in [3.63, 3.8) is 0 Å². The molecule has 0 radical (unpaired) electrons. The van der Waals surface area contributed by atoms with Gasteiger partial charge in [-0.2, -0.15) is 33.7 Å². The Labute approximate surface area is 540 Å². The Hall–Kier alpha value is -6.60. The van der Waals surface area contributed by atoms with Gasteiger partial charge in [0, 0.05) is 25.4 Å². The van der Waals surface area contributed by atoms with Crippen LogP contribution in [0.4, 0.5) is 0 Å². The van der Waals surface area contributed by atoms with E-state index in [4.69, 9.17) is 14.2 Å². The Balaban J connectivity index is 0.965.